The normalized spacial score (nSPS) is 15.3. The van der Waals surface area contributed by atoms with E-state index in [9.17, 15) is 0 Å². The number of hydrogen-bond donors (Lipinski definition) is 1. The Balaban J connectivity index is 1.59. The zero-order chi connectivity index (χ0) is 13.8. The first kappa shape index (κ1) is 13.0. The number of anilines is 2. The van der Waals surface area contributed by atoms with E-state index >= 15 is 0 Å². The van der Waals surface area contributed by atoms with E-state index in [1.807, 2.05) is 7.05 Å². The Bertz CT molecular complexity index is 540. The monoisotopic (exact) mass is 271 g/mol. The van der Waals surface area contributed by atoms with Crippen molar-refractivity contribution < 1.29 is 0 Å². The van der Waals surface area contributed by atoms with Crippen LogP contribution < -0.4 is 10.2 Å². The lowest BCUT2D eigenvalue weighted by atomic mass is 10.1. The summed E-state index contributed by atoms with van der Waals surface area (Å²) in [4.78, 5) is 6.67. The average molecular weight is 271 g/mol. The summed E-state index contributed by atoms with van der Waals surface area (Å²) in [7, 11) is 1.91. The van der Waals surface area contributed by atoms with Crippen molar-refractivity contribution in [2.75, 3.05) is 23.3 Å². The van der Waals surface area contributed by atoms with E-state index in [2.05, 4.69) is 44.6 Å². The van der Waals surface area contributed by atoms with Crippen molar-refractivity contribution in [1.82, 2.24) is 14.8 Å². The van der Waals surface area contributed by atoms with E-state index in [-0.39, 0.29) is 0 Å². The predicted molar refractivity (Wildman–Crippen MR) is 80.8 cm³/mol. The predicted octanol–water partition coefficient (Wildman–Crippen LogP) is 2.42. The molecule has 0 amide bonds. The third kappa shape index (κ3) is 2.92. The van der Waals surface area contributed by atoms with Gasteiger partial charge in [-0.1, -0.05) is 0 Å². The number of benzene rings is 1. The number of rotatable bonds is 4. The molecular formula is C15H21N5. The zero-order valence-electron chi connectivity index (χ0n) is 11.9. The molecule has 1 aromatic carbocycles. The lowest BCUT2D eigenvalue weighted by molar-refractivity contribution is 0.578. The fourth-order valence-electron chi connectivity index (χ4n) is 2.60. The molecule has 0 saturated carbocycles. The summed E-state index contributed by atoms with van der Waals surface area (Å²) in [5.74, 6) is 0.935. The SMILES string of the molecule is Cn1ncnc1CNc1ccc(N2CCCCC2)cc1. The van der Waals surface area contributed by atoms with Gasteiger partial charge in [0.25, 0.3) is 0 Å². The van der Waals surface area contributed by atoms with E-state index in [1.165, 1.54) is 38.0 Å². The summed E-state index contributed by atoms with van der Waals surface area (Å²) in [5, 5.41) is 7.44. The maximum Gasteiger partial charge on any atom is 0.145 e. The largest absolute Gasteiger partial charge is 0.378 e. The molecule has 2 heterocycles. The zero-order valence-corrected chi connectivity index (χ0v) is 11.9. The van der Waals surface area contributed by atoms with E-state index in [4.69, 9.17) is 0 Å². The van der Waals surface area contributed by atoms with Gasteiger partial charge in [-0.2, -0.15) is 5.10 Å². The number of nitrogens with zero attached hydrogens (tertiary/aromatic N) is 4. The van der Waals surface area contributed by atoms with Gasteiger partial charge >= 0.3 is 0 Å². The van der Waals surface area contributed by atoms with Crippen molar-refractivity contribution in [2.24, 2.45) is 7.05 Å². The summed E-state index contributed by atoms with van der Waals surface area (Å²) in [6, 6.07) is 8.68. The van der Waals surface area contributed by atoms with E-state index in [0.717, 1.165) is 11.5 Å². The molecule has 0 aliphatic carbocycles. The van der Waals surface area contributed by atoms with Crippen LogP contribution in [-0.4, -0.2) is 27.9 Å². The molecule has 0 spiro atoms. The summed E-state index contributed by atoms with van der Waals surface area (Å²) in [6.07, 6.45) is 5.57. The van der Waals surface area contributed by atoms with Crippen LogP contribution in [0.5, 0.6) is 0 Å². The van der Waals surface area contributed by atoms with E-state index < -0.39 is 0 Å². The van der Waals surface area contributed by atoms with Crippen LogP contribution in [0.3, 0.4) is 0 Å². The molecule has 0 unspecified atom stereocenters. The maximum atomic E-state index is 4.20. The van der Waals surface area contributed by atoms with E-state index in [0.29, 0.717) is 6.54 Å². The molecule has 1 N–H and O–H groups in total. The third-order valence-corrected chi connectivity index (χ3v) is 3.84. The minimum Gasteiger partial charge on any atom is -0.378 e. The average Bonchev–Trinajstić information content (AvgIpc) is 2.92. The van der Waals surface area contributed by atoms with Crippen LogP contribution in [0.1, 0.15) is 25.1 Å². The van der Waals surface area contributed by atoms with Gasteiger partial charge < -0.3 is 10.2 Å². The molecule has 1 aromatic heterocycles. The smallest absolute Gasteiger partial charge is 0.145 e. The Kier molecular flexibility index (Phi) is 3.85. The minimum atomic E-state index is 0.694. The fraction of sp³-hybridized carbons (Fsp3) is 0.467. The van der Waals surface area contributed by atoms with Gasteiger partial charge in [-0.15, -0.1) is 0 Å². The van der Waals surface area contributed by atoms with Gasteiger partial charge in [0.2, 0.25) is 0 Å². The molecular weight excluding hydrogens is 250 g/mol. The number of aryl methyl sites for hydroxylation is 1. The van der Waals surface area contributed by atoms with Crippen LogP contribution in [-0.2, 0) is 13.6 Å². The molecule has 1 saturated heterocycles. The van der Waals surface area contributed by atoms with Gasteiger partial charge in [0.1, 0.15) is 12.2 Å². The second kappa shape index (κ2) is 5.94. The fourth-order valence-corrected chi connectivity index (χ4v) is 2.60. The molecule has 0 atom stereocenters. The summed E-state index contributed by atoms with van der Waals surface area (Å²) in [5.41, 5.74) is 2.45. The second-order valence-corrected chi connectivity index (χ2v) is 5.25. The highest BCUT2D eigenvalue weighted by Gasteiger charge is 2.10. The van der Waals surface area contributed by atoms with Gasteiger partial charge in [-0.25, -0.2) is 4.98 Å². The Labute approximate surface area is 119 Å². The van der Waals surface area contributed by atoms with Crippen LogP contribution in [0.2, 0.25) is 0 Å². The summed E-state index contributed by atoms with van der Waals surface area (Å²) in [6.45, 7) is 3.07. The summed E-state index contributed by atoms with van der Waals surface area (Å²) < 4.78 is 1.79. The van der Waals surface area contributed by atoms with Crippen LogP contribution >= 0.6 is 0 Å². The first-order chi connectivity index (χ1) is 9.83. The quantitative estimate of drug-likeness (QED) is 0.927. The Morgan fingerprint density at radius 3 is 2.50 bits per heavy atom. The number of aromatic nitrogens is 3. The molecule has 3 rings (SSSR count). The third-order valence-electron chi connectivity index (χ3n) is 3.84. The molecule has 1 aliphatic rings. The Morgan fingerprint density at radius 2 is 1.85 bits per heavy atom. The van der Waals surface area contributed by atoms with Crippen LogP contribution in [0, 0.1) is 0 Å². The molecule has 0 bridgehead atoms. The molecule has 1 fully saturated rings. The van der Waals surface area contributed by atoms with Gasteiger partial charge in [-0.3, -0.25) is 4.68 Å². The van der Waals surface area contributed by atoms with Gasteiger partial charge in [0.15, 0.2) is 0 Å². The van der Waals surface area contributed by atoms with Crippen molar-refractivity contribution >= 4 is 11.4 Å². The number of nitrogens with one attached hydrogen (secondary N) is 1. The van der Waals surface area contributed by atoms with Crippen molar-refractivity contribution in [3.8, 4) is 0 Å². The van der Waals surface area contributed by atoms with E-state index in [1.54, 1.807) is 11.0 Å². The van der Waals surface area contributed by atoms with Gasteiger partial charge in [-0.05, 0) is 43.5 Å². The second-order valence-electron chi connectivity index (χ2n) is 5.25. The van der Waals surface area contributed by atoms with Crippen molar-refractivity contribution in [3.63, 3.8) is 0 Å². The minimum absolute atomic E-state index is 0.694. The lowest BCUT2D eigenvalue weighted by Crippen LogP contribution is -2.29. The Hall–Kier alpha value is -2.04. The van der Waals surface area contributed by atoms with Crippen LogP contribution in [0.25, 0.3) is 0 Å². The van der Waals surface area contributed by atoms with Crippen molar-refractivity contribution in [1.29, 1.82) is 0 Å². The molecule has 20 heavy (non-hydrogen) atoms. The van der Waals surface area contributed by atoms with Crippen molar-refractivity contribution in [2.45, 2.75) is 25.8 Å². The standard InChI is InChI=1S/C15H21N5/c1-19-15(17-12-18-19)11-16-13-5-7-14(8-6-13)20-9-3-2-4-10-20/h5-8,12,16H,2-4,9-11H2,1H3. The highest BCUT2D eigenvalue weighted by molar-refractivity contribution is 5.55. The summed E-state index contributed by atoms with van der Waals surface area (Å²) >= 11 is 0. The lowest BCUT2D eigenvalue weighted by Gasteiger charge is -2.28. The molecule has 5 heteroatoms. The highest BCUT2D eigenvalue weighted by Crippen LogP contribution is 2.21. The Morgan fingerprint density at radius 1 is 1.10 bits per heavy atom. The van der Waals surface area contributed by atoms with Crippen LogP contribution in [0.4, 0.5) is 11.4 Å². The maximum absolute atomic E-state index is 4.20. The highest BCUT2D eigenvalue weighted by atomic mass is 15.3. The molecule has 0 radical (unpaired) electrons. The number of piperidine rings is 1. The van der Waals surface area contributed by atoms with Gasteiger partial charge in [0, 0.05) is 31.5 Å². The molecule has 106 valence electrons. The molecule has 5 nitrogen and oxygen atoms in total. The topological polar surface area (TPSA) is 46.0 Å². The molecule has 2 aromatic rings. The first-order valence-electron chi connectivity index (χ1n) is 7.25. The molecule has 1 aliphatic heterocycles. The number of hydrogen-bond acceptors (Lipinski definition) is 4. The van der Waals surface area contributed by atoms with Crippen molar-refractivity contribution in [3.05, 3.63) is 36.4 Å². The first-order valence-corrected chi connectivity index (χ1v) is 7.25. The van der Waals surface area contributed by atoms with Crippen LogP contribution in [0.15, 0.2) is 30.6 Å². The van der Waals surface area contributed by atoms with Gasteiger partial charge in [0.05, 0.1) is 6.54 Å².